The van der Waals surface area contributed by atoms with E-state index in [-0.39, 0.29) is 19.0 Å². The van der Waals surface area contributed by atoms with E-state index in [2.05, 4.69) is 16.0 Å². The molecule has 1 fully saturated rings. The molecule has 1 aliphatic heterocycles. The van der Waals surface area contributed by atoms with Crippen LogP contribution >= 0.6 is 0 Å². The maximum Gasteiger partial charge on any atom is 0.246 e. The second kappa shape index (κ2) is 12.0. The number of hydrogen-bond donors (Lipinski definition) is 6. The molecule has 1 heterocycles. The summed E-state index contributed by atoms with van der Waals surface area (Å²) in [5.74, 6) is -4.26. The molecule has 0 saturated carbocycles. The second-order valence-electron chi connectivity index (χ2n) is 8.05. The first-order chi connectivity index (χ1) is 14.9. The van der Waals surface area contributed by atoms with Crippen molar-refractivity contribution in [2.24, 2.45) is 23.1 Å². The molecular formula is C19H33N7O6. The van der Waals surface area contributed by atoms with Gasteiger partial charge < -0.3 is 38.1 Å². The van der Waals surface area contributed by atoms with Gasteiger partial charge in [0.2, 0.25) is 35.4 Å². The first-order valence-electron chi connectivity index (χ1n) is 10.4. The van der Waals surface area contributed by atoms with Gasteiger partial charge in [0.25, 0.3) is 0 Å². The summed E-state index contributed by atoms with van der Waals surface area (Å²) in [6, 6.07) is -4.05. The van der Waals surface area contributed by atoms with Crippen molar-refractivity contribution in [3.05, 3.63) is 0 Å². The van der Waals surface area contributed by atoms with Gasteiger partial charge in [0, 0.05) is 6.54 Å². The number of nitrogens with two attached hydrogens (primary N) is 3. The molecule has 0 aromatic carbocycles. The van der Waals surface area contributed by atoms with Crippen LogP contribution in [-0.4, -0.2) is 77.6 Å². The van der Waals surface area contributed by atoms with E-state index in [9.17, 15) is 28.8 Å². The van der Waals surface area contributed by atoms with Crippen molar-refractivity contribution in [2.45, 2.75) is 64.2 Å². The number of amides is 6. The standard InChI is InChI=1S/C19H33N7O6/c1-9(2)15(25-17(30)10(3)23-14(28)8-20)19(32)26-6-4-5-12(26)18(31)24-11(16(22)29)7-13(21)27/h9-12,15H,4-8,20H2,1-3H3,(H2,21,27)(H2,22,29)(H,23,28)(H,24,31)(H,25,30)/t10-,11-,12-,15-/m0/s1. The molecule has 1 aliphatic rings. The fourth-order valence-corrected chi connectivity index (χ4v) is 3.33. The molecule has 0 aromatic heterocycles. The Balaban J connectivity index is 2.92. The third-order valence-corrected chi connectivity index (χ3v) is 5.09. The Hall–Kier alpha value is -3.22. The number of hydrogen-bond acceptors (Lipinski definition) is 7. The highest BCUT2D eigenvalue weighted by molar-refractivity contribution is 5.96. The zero-order valence-electron chi connectivity index (χ0n) is 18.6. The normalized spacial score (nSPS) is 18.4. The molecular weight excluding hydrogens is 422 g/mol. The van der Waals surface area contributed by atoms with Crippen LogP contribution in [0, 0.1) is 5.92 Å². The summed E-state index contributed by atoms with van der Waals surface area (Å²) in [7, 11) is 0. The Labute approximate surface area is 186 Å². The number of nitrogens with zero attached hydrogens (tertiary/aromatic N) is 1. The third-order valence-electron chi connectivity index (χ3n) is 5.09. The minimum absolute atomic E-state index is 0.270. The van der Waals surface area contributed by atoms with Crippen molar-refractivity contribution in [3.8, 4) is 0 Å². The predicted octanol–water partition coefficient (Wildman–Crippen LogP) is -3.57. The number of rotatable bonds is 11. The maximum atomic E-state index is 13.2. The third kappa shape index (κ3) is 7.48. The SMILES string of the molecule is CC(C)[C@H](NC(=O)[C@H](C)NC(=O)CN)C(=O)N1CCC[C@H]1C(=O)N[C@@H](CC(N)=O)C(N)=O. The van der Waals surface area contributed by atoms with Gasteiger partial charge in [0.05, 0.1) is 13.0 Å². The lowest BCUT2D eigenvalue weighted by Gasteiger charge is -2.31. The summed E-state index contributed by atoms with van der Waals surface area (Å²) in [5.41, 5.74) is 15.5. The molecule has 180 valence electrons. The Morgan fingerprint density at radius 3 is 2.12 bits per heavy atom. The minimum atomic E-state index is -1.29. The molecule has 6 amide bonds. The number of carbonyl (C=O) groups excluding carboxylic acids is 6. The highest BCUT2D eigenvalue weighted by Gasteiger charge is 2.40. The van der Waals surface area contributed by atoms with Gasteiger partial charge in [-0.2, -0.15) is 0 Å². The van der Waals surface area contributed by atoms with Gasteiger partial charge in [-0.05, 0) is 25.7 Å². The Morgan fingerprint density at radius 1 is 1.00 bits per heavy atom. The molecule has 0 aromatic rings. The van der Waals surface area contributed by atoms with Crippen LogP contribution in [-0.2, 0) is 28.8 Å². The highest BCUT2D eigenvalue weighted by Crippen LogP contribution is 2.21. The Bertz CT molecular complexity index is 756. The summed E-state index contributed by atoms with van der Waals surface area (Å²) < 4.78 is 0. The number of carbonyl (C=O) groups is 6. The van der Waals surface area contributed by atoms with E-state index < -0.39 is 66.0 Å². The molecule has 13 heteroatoms. The first kappa shape index (κ1) is 26.8. The fraction of sp³-hybridized carbons (Fsp3) is 0.684. The molecule has 0 bridgehead atoms. The monoisotopic (exact) mass is 455 g/mol. The molecule has 1 saturated heterocycles. The molecule has 0 aliphatic carbocycles. The molecule has 1 rings (SSSR count). The summed E-state index contributed by atoms with van der Waals surface area (Å²) in [6.07, 6.45) is 0.406. The van der Waals surface area contributed by atoms with Crippen LogP contribution < -0.4 is 33.2 Å². The van der Waals surface area contributed by atoms with Crippen molar-refractivity contribution < 1.29 is 28.8 Å². The van der Waals surface area contributed by atoms with Crippen LogP contribution in [0.1, 0.15) is 40.0 Å². The van der Waals surface area contributed by atoms with Gasteiger partial charge >= 0.3 is 0 Å². The van der Waals surface area contributed by atoms with Gasteiger partial charge in [-0.1, -0.05) is 13.8 Å². The van der Waals surface area contributed by atoms with E-state index in [0.29, 0.717) is 12.8 Å². The minimum Gasteiger partial charge on any atom is -0.370 e. The van der Waals surface area contributed by atoms with Gasteiger partial charge in [-0.15, -0.1) is 0 Å². The average Bonchev–Trinajstić information content (AvgIpc) is 3.19. The van der Waals surface area contributed by atoms with Crippen molar-refractivity contribution in [1.82, 2.24) is 20.9 Å². The van der Waals surface area contributed by atoms with E-state index in [1.807, 2.05) is 0 Å². The van der Waals surface area contributed by atoms with Crippen LogP contribution in [0.3, 0.4) is 0 Å². The highest BCUT2D eigenvalue weighted by atomic mass is 16.2. The van der Waals surface area contributed by atoms with Gasteiger partial charge in [0.1, 0.15) is 24.2 Å². The lowest BCUT2D eigenvalue weighted by Crippen LogP contribution is -2.59. The van der Waals surface area contributed by atoms with Gasteiger partial charge in [0.15, 0.2) is 0 Å². The van der Waals surface area contributed by atoms with Crippen LogP contribution in [0.5, 0.6) is 0 Å². The molecule has 0 unspecified atom stereocenters. The summed E-state index contributed by atoms with van der Waals surface area (Å²) in [4.78, 5) is 73.7. The van der Waals surface area contributed by atoms with E-state index in [0.717, 1.165) is 0 Å². The summed E-state index contributed by atoms with van der Waals surface area (Å²) in [5, 5.41) is 7.40. The number of nitrogens with one attached hydrogen (secondary N) is 3. The quantitative estimate of drug-likeness (QED) is 0.184. The molecule has 0 radical (unpaired) electrons. The topological polar surface area (TPSA) is 220 Å². The number of primary amides is 2. The van der Waals surface area contributed by atoms with E-state index in [4.69, 9.17) is 17.2 Å². The van der Waals surface area contributed by atoms with E-state index >= 15 is 0 Å². The lowest BCUT2D eigenvalue weighted by molar-refractivity contribution is -0.143. The second-order valence-corrected chi connectivity index (χ2v) is 8.05. The van der Waals surface area contributed by atoms with E-state index in [1.165, 1.54) is 11.8 Å². The van der Waals surface area contributed by atoms with Crippen molar-refractivity contribution in [3.63, 3.8) is 0 Å². The zero-order valence-corrected chi connectivity index (χ0v) is 18.6. The van der Waals surface area contributed by atoms with Gasteiger partial charge in [-0.3, -0.25) is 28.8 Å². The van der Waals surface area contributed by atoms with Gasteiger partial charge in [-0.25, -0.2) is 0 Å². The van der Waals surface area contributed by atoms with Crippen LogP contribution in [0.15, 0.2) is 0 Å². The van der Waals surface area contributed by atoms with Crippen molar-refractivity contribution >= 4 is 35.4 Å². The van der Waals surface area contributed by atoms with Crippen molar-refractivity contribution in [2.75, 3.05) is 13.1 Å². The Kier molecular flexibility index (Phi) is 10.0. The van der Waals surface area contributed by atoms with Crippen LogP contribution in [0.4, 0.5) is 0 Å². The average molecular weight is 456 g/mol. The smallest absolute Gasteiger partial charge is 0.246 e. The largest absolute Gasteiger partial charge is 0.370 e. The summed E-state index contributed by atoms with van der Waals surface area (Å²) in [6.45, 7) is 4.91. The van der Waals surface area contributed by atoms with Crippen LogP contribution in [0.2, 0.25) is 0 Å². The lowest BCUT2D eigenvalue weighted by atomic mass is 10.0. The fourth-order valence-electron chi connectivity index (χ4n) is 3.33. The first-order valence-corrected chi connectivity index (χ1v) is 10.4. The molecule has 32 heavy (non-hydrogen) atoms. The molecule has 4 atom stereocenters. The van der Waals surface area contributed by atoms with Crippen molar-refractivity contribution in [1.29, 1.82) is 0 Å². The summed E-state index contributed by atoms with van der Waals surface area (Å²) >= 11 is 0. The maximum absolute atomic E-state index is 13.2. The zero-order chi connectivity index (χ0) is 24.6. The molecule has 9 N–H and O–H groups in total. The van der Waals surface area contributed by atoms with E-state index in [1.54, 1.807) is 13.8 Å². The molecule has 13 nitrogen and oxygen atoms in total. The van der Waals surface area contributed by atoms with Crippen LogP contribution in [0.25, 0.3) is 0 Å². The molecule has 0 spiro atoms. The number of likely N-dealkylation sites (tertiary alicyclic amines) is 1. The Morgan fingerprint density at radius 2 is 1.62 bits per heavy atom. The predicted molar refractivity (Wildman–Crippen MR) is 113 cm³/mol.